The van der Waals surface area contributed by atoms with Crippen LogP contribution in [0.1, 0.15) is 43.8 Å². The molecule has 1 atom stereocenters. The first-order valence-corrected chi connectivity index (χ1v) is 5.97. The number of nitrogens with zero attached hydrogens (tertiary/aromatic N) is 4. The molecule has 0 aromatic carbocycles. The molecule has 2 aromatic heterocycles. The normalized spacial score (nSPS) is 12.5. The molecule has 7 nitrogen and oxygen atoms in total. The van der Waals surface area contributed by atoms with Crippen LogP contribution >= 0.6 is 0 Å². The summed E-state index contributed by atoms with van der Waals surface area (Å²) >= 11 is 0. The smallest absolute Gasteiger partial charge is 0.225 e. The van der Waals surface area contributed by atoms with E-state index in [1.807, 2.05) is 0 Å². The first-order valence-electron chi connectivity index (χ1n) is 5.97. The van der Waals surface area contributed by atoms with E-state index in [2.05, 4.69) is 31.8 Å². The quantitative estimate of drug-likeness (QED) is 0.727. The Kier molecular flexibility index (Phi) is 3.71. The number of nitrogens with two attached hydrogens (primary N) is 2. The SMILES string of the molecule is CCCCC(c1nc(N)nc(N)n1)c1ncc[nH]1. The highest BCUT2D eigenvalue weighted by Crippen LogP contribution is 2.25. The van der Waals surface area contributed by atoms with Crippen LogP contribution in [0.3, 0.4) is 0 Å². The highest BCUT2D eigenvalue weighted by atomic mass is 15.1. The fourth-order valence-electron chi connectivity index (χ4n) is 1.85. The number of hydrogen-bond donors (Lipinski definition) is 3. The molecule has 96 valence electrons. The average molecular weight is 247 g/mol. The Balaban J connectivity index is 2.33. The maximum Gasteiger partial charge on any atom is 0.225 e. The van der Waals surface area contributed by atoms with Gasteiger partial charge in [0.15, 0.2) is 0 Å². The van der Waals surface area contributed by atoms with Crippen LogP contribution in [0.2, 0.25) is 0 Å². The number of aromatic nitrogens is 5. The van der Waals surface area contributed by atoms with E-state index in [4.69, 9.17) is 11.5 Å². The van der Waals surface area contributed by atoms with Gasteiger partial charge in [-0.2, -0.15) is 15.0 Å². The molecule has 7 heteroatoms. The van der Waals surface area contributed by atoms with Crippen molar-refractivity contribution >= 4 is 11.9 Å². The Morgan fingerprint density at radius 3 is 2.50 bits per heavy atom. The highest BCUT2D eigenvalue weighted by Gasteiger charge is 2.20. The first-order chi connectivity index (χ1) is 8.70. The van der Waals surface area contributed by atoms with Crippen molar-refractivity contribution in [2.45, 2.75) is 32.1 Å². The van der Waals surface area contributed by atoms with Crippen LogP contribution in [0.25, 0.3) is 0 Å². The lowest BCUT2D eigenvalue weighted by atomic mass is 10.0. The average Bonchev–Trinajstić information content (AvgIpc) is 2.82. The molecule has 0 fully saturated rings. The number of unbranched alkanes of at least 4 members (excludes halogenated alkanes) is 1. The molecule has 0 spiro atoms. The summed E-state index contributed by atoms with van der Waals surface area (Å²) in [6, 6.07) is 0. The second-order valence-electron chi connectivity index (χ2n) is 4.08. The van der Waals surface area contributed by atoms with Crippen LogP contribution in [0.5, 0.6) is 0 Å². The zero-order valence-electron chi connectivity index (χ0n) is 10.3. The van der Waals surface area contributed by atoms with Crippen LogP contribution in [0.15, 0.2) is 12.4 Å². The molecule has 0 saturated carbocycles. The molecule has 0 radical (unpaired) electrons. The van der Waals surface area contributed by atoms with Crippen molar-refractivity contribution in [3.63, 3.8) is 0 Å². The summed E-state index contributed by atoms with van der Waals surface area (Å²) in [5, 5.41) is 0. The van der Waals surface area contributed by atoms with Gasteiger partial charge in [0.2, 0.25) is 11.9 Å². The molecule has 2 aromatic rings. The fourth-order valence-corrected chi connectivity index (χ4v) is 1.85. The fraction of sp³-hybridized carbons (Fsp3) is 0.455. The van der Waals surface area contributed by atoms with Gasteiger partial charge in [0, 0.05) is 12.4 Å². The van der Waals surface area contributed by atoms with Crippen molar-refractivity contribution in [1.82, 2.24) is 24.9 Å². The van der Waals surface area contributed by atoms with E-state index >= 15 is 0 Å². The lowest BCUT2D eigenvalue weighted by molar-refractivity contribution is 0.599. The Morgan fingerprint density at radius 2 is 1.94 bits per heavy atom. The van der Waals surface area contributed by atoms with E-state index in [9.17, 15) is 0 Å². The van der Waals surface area contributed by atoms with Gasteiger partial charge in [0.05, 0.1) is 5.92 Å². The third kappa shape index (κ3) is 2.73. The molecule has 0 aliphatic heterocycles. The third-order valence-corrected chi connectivity index (χ3v) is 2.69. The van der Waals surface area contributed by atoms with Gasteiger partial charge >= 0.3 is 0 Å². The molecule has 0 amide bonds. The summed E-state index contributed by atoms with van der Waals surface area (Å²) in [6.45, 7) is 2.13. The van der Waals surface area contributed by atoms with E-state index in [0.717, 1.165) is 25.1 Å². The van der Waals surface area contributed by atoms with Crippen molar-refractivity contribution in [3.8, 4) is 0 Å². The second kappa shape index (κ2) is 5.44. The number of nitrogens with one attached hydrogen (secondary N) is 1. The predicted molar refractivity (Wildman–Crippen MR) is 68.6 cm³/mol. The standard InChI is InChI=1S/C11H17N7/c1-2-3-4-7(8-14-5-6-15-8)9-16-10(12)18-11(13)17-9/h5-7H,2-4H2,1H3,(H,14,15)(H4,12,13,16,17,18). The largest absolute Gasteiger partial charge is 0.368 e. The van der Waals surface area contributed by atoms with Gasteiger partial charge in [0.1, 0.15) is 11.6 Å². The van der Waals surface area contributed by atoms with Crippen LogP contribution in [-0.2, 0) is 0 Å². The summed E-state index contributed by atoms with van der Waals surface area (Å²) in [6.07, 6.45) is 6.53. The Hall–Kier alpha value is -2.18. The molecule has 0 bridgehead atoms. The topological polar surface area (TPSA) is 119 Å². The maximum absolute atomic E-state index is 5.61. The Labute approximate surface area is 105 Å². The van der Waals surface area contributed by atoms with Crippen molar-refractivity contribution < 1.29 is 0 Å². The number of nitrogen functional groups attached to an aromatic ring is 2. The molecule has 0 aliphatic carbocycles. The molecule has 5 N–H and O–H groups in total. The van der Waals surface area contributed by atoms with Gasteiger partial charge in [0.25, 0.3) is 0 Å². The molecular weight excluding hydrogens is 230 g/mol. The summed E-state index contributed by atoms with van der Waals surface area (Å²) in [5.74, 6) is 1.67. The minimum Gasteiger partial charge on any atom is -0.368 e. The number of H-pyrrole nitrogens is 1. The van der Waals surface area contributed by atoms with Crippen LogP contribution in [-0.4, -0.2) is 24.9 Å². The van der Waals surface area contributed by atoms with E-state index in [1.54, 1.807) is 12.4 Å². The van der Waals surface area contributed by atoms with Crippen LogP contribution < -0.4 is 11.5 Å². The second-order valence-corrected chi connectivity index (χ2v) is 4.08. The molecule has 1 unspecified atom stereocenters. The predicted octanol–water partition coefficient (Wildman–Crippen LogP) is 1.08. The zero-order chi connectivity index (χ0) is 13.0. The lowest BCUT2D eigenvalue weighted by Crippen LogP contribution is -2.13. The van der Waals surface area contributed by atoms with Gasteiger partial charge in [-0.3, -0.25) is 0 Å². The molecule has 0 saturated heterocycles. The zero-order valence-corrected chi connectivity index (χ0v) is 10.3. The summed E-state index contributed by atoms with van der Waals surface area (Å²) in [4.78, 5) is 19.5. The molecule has 2 rings (SSSR count). The van der Waals surface area contributed by atoms with E-state index in [0.29, 0.717) is 5.82 Å². The number of aromatic amines is 1. The van der Waals surface area contributed by atoms with E-state index in [1.165, 1.54) is 0 Å². The monoisotopic (exact) mass is 247 g/mol. The maximum atomic E-state index is 5.61. The van der Waals surface area contributed by atoms with Crippen LogP contribution in [0.4, 0.5) is 11.9 Å². The van der Waals surface area contributed by atoms with Gasteiger partial charge in [-0.05, 0) is 6.42 Å². The molecule has 18 heavy (non-hydrogen) atoms. The van der Waals surface area contributed by atoms with Crippen molar-refractivity contribution in [2.24, 2.45) is 0 Å². The van der Waals surface area contributed by atoms with Crippen molar-refractivity contribution in [3.05, 3.63) is 24.0 Å². The minimum absolute atomic E-state index is 0.0208. The molecular formula is C11H17N7. The molecule has 0 aliphatic rings. The molecule has 2 heterocycles. The van der Waals surface area contributed by atoms with Crippen molar-refractivity contribution in [1.29, 1.82) is 0 Å². The van der Waals surface area contributed by atoms with Gasteiger partial charge in [-0.15, -0.1) is 0 Å². The third-order valence-electron chi connectivity index (χ3n) is 2.69. The minimum atomic E-state index is -0.0208. The summed E-state index contributed by atoms with van der Waals surface area (Å²) in [7, 11) is 0. The highest BCUT2D eigenvalue weighted by molar-refractivity contribution is 5.28. The summed E-state index contributed by atoms with van der Waals surface area (Å²) in [5.41, 5.74) is 11.2. The van der Waals surface area contributed by atoms with E-state index in [-0.39, 0.29) is 17.8 Å². The number of rotatable bonds is 5. The van der Waals surface area contributed by atoms with Crippen LogP contribution in [0, 0.1) is 0 Å². The Morgan fingerprint density at radius 1 is 1.22 bits per heavy atom. The number of hydrogen-bond acceptors (Lipinski definition) is 6. The Bertz CT molecular complexity index is 474. The number of anilines is 2. The van der Waals surface area contributed by atoms with Gasteiger partial charge in [-0.25, -0.2) is 4.98 Å². The first kappa shape index (κ1) is 12.3. The van der Waals surface area contributed by atoms with Crippen molar-refractivity contribution in [2.75, 3.05) is 11.5 Å². The summed E-state index contributed by atoms with van der Waals surface area (Å²) < 4.78 is 0. The van der Waals surface area contributed by atoms with Gasteiger partial charge < -0.3 is 16.5 Å². The number of imidazole rings is 1. The van der Waals surface area contributed by atoms with E-state index < -0.39 is 0 Å². The van der Waals surface area contributed by atoms with Gasteiger partial charge in [-0.1, -0.05) is 19.8 Å². The lowest BCUT2D eigenvalue weighted by Gasteiger charge is -2.13.